The number of nitrogens with zero attached hydrogens (tertiary/aromatic N) is 3. The summed E-state index contributed by atoms with van der Waals surface area (Å²) in [7, 11) is 0. The first-order valence-electron chi connectivity index (χ1n) is 8.74. The van der Waals surface area contributed by atoms with Gasteiger partial charge in [-0.1, -0.05) is 6.07 Å². The van der Waals surface area contributed by atoms with Crippen LogP contribution in [0.5, 0.6) is 5.75 Å². The van der Waals surface area contributed by atoms with Crippen LogP contribution in [0.4, 0.5) is 4.39 Å². The fourth-order valence-corrected chi connectivity index (χ4v) is 3.24. The van der Waals surface area contributed by atoms with Gasteiger partial charge in [-0.25, -0.2) is 4.39 Å². The highest BCUT2D eigenvalue weighted by atomic mass is 19.1. The zero-order valence-electron chi connectivity index (χ0n) is 15.0. The van der Waals surface area contributed by atoms with Gasteiger partial charge in [0.05, 0.1) is 5.69 Å². The minimum Gasteiger partial charge on any atom is -0.486 e. The van der Waals surface area contributed by atoms with Gasteiger partial charge in [-0.3, -0.25) is 9.58 Å². The zero-order valence-corrected chi connectivity index (χ0v) is 15.0. The molecule has 1 saturated heterocycles. The van der Waals surface area contributed by atoms with Gasteiger partial charge in [0, 0.05) is 37.9 Å². The van der Waals surface area contributed by atoms with Gasteiger partial charge >= 0.3 is 0 Å². The van der Waals surface area contributed by atoms with E-state index in [1.807, 2.05) is 16.9 Å². The Kier molecular flexibility index (Phi) is 5.11. The molecular weight excluding hydrogens is 321 g/mol. The molecule has 1 aliphatic heterocycles. The molecule has 1 fully saturated rings. The standard InChI is InChI=1S/C19H26FN3O2/c1-14(2)23-16(7-9-21-23)12-22-10-8-19(3,24)18(13-22)25-17-6-4-5-15(20)11-17/h4-7,9,11,14,18,24H,8,10,12-13H2,1-3H3/t18-,19-/m1/s1. The largest absolute Gasteiger partial charge is 0.486 e. The molecule has 2 heterocycles. The van der Waals surface area contributed by atoms with Crippen LogP contribution in [0.1, 0.15) is 38.9 Å². The van der Waals surface area contributed by atoms with Crippen LogP contribution in [0.2, 0.25) is 0 Å². The van der Waals surface area contributed by atoms with Crippen molar-refractivity contribution in [3.63, 3.8) is 0 Å². The van der Waals surface area contributed by atoms with E-state index in [1.54, 1.807) is 19.1 Å². The van der Waals surface area contributed by atoms with Crippen molar-refractivity contribution < 1.29 is 14.2 Å². The number of aliphatic hydroxyl groups is 1. The van der Waals surface area contributed by atoms with Crippen LogP contribution in [0, 0.1) is 5.82 Å². The first-order chi connectivity index (χ1) is 11.8. The maximum atomic E-state index is 13.4. The third-order valence-electron chi connectivity index (χ3n) is 4.75. The molecular formula is C19H26FN3O2. The molecule has 5 nitrogen and oxygen atoms in total. The van der Waals surface area contributed by atoms with Gasteiger partial charge in [-0.15, -0.1) is 0 Å². The SMILES string of the molecule is CC(C)n1nccc1CN1CC[C@@](C)(O)[C@H](Oc2cccc(F)c2)C1. The maximum absolute atomic E-state index is 13.4. The average Bonchev–Trinajstić information content (AvgIpc) is 2.99. The van der Waals surface area contributed by atoms with Crippen molar-refractivity contribution in [1.82, 2.24) is 14.7 Å². The quantitative estimate of drug-likeness (QED) is 0.903. The Balaban J connectivity index is 1.71. The van der Waals surface area contributed by atoms with Crippen LogP contribution in [0.15, 0.2) is 36.5 Å². The minimum atomic E-state index is -0.943. The van der Waals surface area contributed by atoms with Crippen LogP contribution >= 0.6 is 0 Å². The summed E-state index contributed by atoms with van der Waals surface area (Å²) < 4.78 is 21.3. The number of rotatable bonds is 5. The fraction of sp³-hybridized carbons (Fsp3) is 0.526. The van der Waals surface area contributed by atoms with Crippen molar-refractivity contribution in [3.8, 4) is 5.75 Å². The summed E-state index contributed by atoms with van der Waals surface area (Å²) in [5.74, 6) is 0.102. The smallest absolute Gasteiger partial charge is 0.140 e. The molecule has 0 aliphatic carbocycles. The van der Waals surface area contributed by atoms with E-state index in [-0.39, 0.29) is 5.82 Å². The molecule has 1 N–H and O–H groups in total. The van der Waals surface area contributed by atoms with Crippen molar-refractivity contribution in [3.05, 3.63) is 48.0 Å². The molecule has 0 radical (unpaired) electrons. The van der Waals surface area contributed by atoms with E-state index in [0.29, 0.717) is 24.8 Å². The molecule has 2 aromatic rings. The Morgan fingerprint density at radius 1 is 1.40 bits per heavy atom. The van der Waals surface area contributed by atoms with E-state index in [4.69, 9.17) is 4.74 Å². The van der Waals surface area contributed by atoms with Crippen LogP contribution in [0.25, 0.3) is 0 Å². The molecule has 0 amide bonds. The third kappa shape index (κ3) is 4.19. The topological polar surface area (TPSA) is 50.5 Å². The Hall–Kier alpha value is -1.92. The van der Waals surface area contributed by atoms with Crippen LogP contribution in [0.3, 0.4) is 0 Å². The van der Waals surface area contributed by atoms with Gasteiger partial charge < -0.3 is 9.84 Å². The predicted octanol–water partition coefficient (Wildman–Crippen LogP) is 3.01. The van der Waals surface area contributed by atoms with Crippen molar-refractivity contribution >= 4 is 0 Å². The molecule has 1 aromatic carbocycles. The molecule has 25 heavy (non-hydrogen) atoms. The van der Waals surface area contributed by atoms with E-state index < -0.39 is 11.7 Å². The maximum Gasteiger partial charge on any atom is 0.140 e. The summed E-state index contributed by atoms with van der Waals surface area (Å²) in [5.41, 5.74) is 0.197. The molecule has 6 heteroatoms. The van der Waals surface area contributed by atoms with Crippen molar-refractivity contribution in [1.29, 1.82) is 0 Å². The number of piperidine rings is 1. The van der Waals surface area contributed by atoms with E-state index in [1.165, 1.54) is 12.1 Å². The Morgan fingerprint density at radius 3 is 2.92 bits per heavy atom. The zero-order chi connectivity index (χ0) is 18.0. The molecule has 0 bridgehead atoms. The third-order valence-corrected chi connectivity index (χ3v) is 4.75. The van der Waals surface area contributed by atoms with Gasteiger partial charge in [0.15, 0.2) is 0 Å². The number of hydrogen-bond donors (Lipinski definition) is 1. The first-order valence-corrected chi connectivity index (χ1v) is 8.74. The normalized spacial score (nSPS) is 24.6. The highest BCUT2D eigenvalue weighted by Gasteiger charge is 2.39. The molecule has 136 valence electrons. The molecule has 3 rings (SSSR count). The van der Waals surface area contributed by atoms with Gasteiger partial charge in [0.1, 0.15) is 23.3 Å². The van der Waals surface area contributed by atoms with Gasteiger partial charge in [-0.05, 0) is 45.4 Å². The van der Waals surface area contributed by atoms with Crippen molar-refractivity contribution in [2.45, 2.75) is 51.5 Å². The Bertz CT molecular complexity index is 714. The fourth-order valence-electron chi connectivity index (χ4n) is 3.24. The van der Waals surface area contributed by atoms with Crippen LogP contribution in [-0.2, 0) is 6.54 Å². The van der Waals surface area contributed by atoms with Crippen LogP contribution in [-0.4, -0.2) is 44.6 Å². The lowest BCUT2D eigenvalue weighted by Gasteiger charge is -2.42. The van der Waals surface area contributed by atoms with Gasteiger partial charge in [-0.2, -0.15) is 5.10 Å². The molecule has 0 unspecified atom stereocenters. The second kappa shape index (κ2) is 7.14. The molecule has 1 aliphatic rings. The first kappa shape index (κ1) is 17.9. The molecule has 2 atom stereocenters. The van der Waals surface area contributed by atoms with E-state index in [2.05, 4.69) is 23.8 Å². The van der Waals surface area contributed by atoms with E-state index in [0.717, 1.165) is 18.8 Å². The predicted molar refractivity (Wildman–Crippen MR) is 93.9 cm³/mol. The lowest BCUT2D eigenvalue weighted by Crippen LogP contribution is -2.56. The summed E-state index contributed by atoms with van der Waals surface area (Å²) in [5, 5.41) is 15.1. The molecule has 0 spiro atoms. The summed E-state index contributed by atoms with van der Waals surface area (Å²) in [6.45, 7) is 8.09. The lowest BCUT2D eigenvalue weighted by atomic mass is 9.90. The summed E-state index contributed by atoms with van der Waals surface area (Å²) in [6, 6.07) is 8.38. The highest BCUT2D eigenvalue weighted by Crippen LogP contribution is 2.28. The van der Waals surface area contributed by atoms with Gasteiger partial charge in [0.2, 0.25) is 0 Å². The van der Waals surface area contributed by atoms with E-state index >= 15 is 0 Å². The van der Waals surface area contributed by atoms with Crippen LogP contribution < -0.4 is 4.74 Å². The number of hydrogen-bond acceptors (Lipinski definition) is 4. The number of likely N-dealkylation sites (tertiary alicyclic amines) is 1. The Morgan fingerprint density at radius 2 is 2.20 bits per heavy atom. The van der Waals surface area contributed by atoms with Crippen molar-refractivity contribution in [2.24, 2.45) is 0 Å². The second-order valence-electron chi connectivity index (χ2n) is 7.27. The molecule has 0 saturated carbocycles. The number of halogens is 1. The minimum absolute atomic E-state index is 0.303. The van der Waals surface area contributed by atoms with Crippen molar-refractivity contribution in [2.75, 3.05) is 13.1 Å². The highest BCUT2D eigenvalue weighted by molar-refractivity contribution is 5.23. The average molecular weight is 347 g/mol. The summed E-state index contributed by atoms with van der Waals surface area (Å²) in [4.78, 5) is 2.25. The second-order valence-corrected chi connectivity index (χ2v) is 7.27. The number of benzene rings is 1. The Labute approximate surface area is 148 Å². The number of ether oxygens (including phenoxy) is 1. The number of aromatic nitrogens is 2. The monoisotopic (exact) mass is 347 g/mol. The summed E-state index contributed by atoms with van der Waals surface area (Å²) in [6.07, 6.45) is 2.00. The molecule has 1 aromatic heterocycles. The summed E-state index contributed by atoms with van der Waals surface area (Å²) >= 11 is 0. The van der Waals surface area contributed by atoms with E-state index in [9.17, 15) is 9.50 Å². The lowest BCUT2D eigenvalue weighted by molar-refractivity contribution is -0.0968. The van der Waals surface area contributed by atoms with Gasteiger partial charge in [0.25, 0.3) is 0 Å².